The smallest absolute Gasteiger partial charge is 0.238 e. The summed E-state index contributed by atoms with van der Waals surface area (Å²) in [7, 11) is 0. The average molecular weight is 452 g/mol. The van der Waals surface area contributed by atoms with Crippen LogP contribution in [0.3, 0.4) is 0 Å². The molecule has 1 aliphatic heterocycles. The number of carbonyl (C=O) groups excluding carboxylic acids is 2. The van der Waals surface area contributed by atoms with E-state index >= 15 is 0 Å². The van der Waals surface area contributed by atoms with E-state index in [1.807, 2.05) is 48.5 Å². The van der Waals surface area contributed by atoms with Crippen molar-refractivity contribution >= 4 is 17.5 Å². The summed E-state index contributed by atoms with van der Waals surface area (Å²) in [4.78, 5) is 29.3. The molecular weight excluding hydrogens is 422 g/mol. The highest BCUT2D eigenvalue weighted by Crippen LogP contribution is 2.64. The number of amides is 2. The molecule has 3 aromatic carbocycles. The Hall–Kier alpha value is -3.40. The van der Waals surface area contributed by atoms with Gasteiger partial charge in [-0.15, -0.1) is 0 Å². The molecule has 1 heterocycles. The molecule has 0 saturated carbocycles. The maximum absolute atomic E-state index is 14.0. The Bertz CT molecular complexity index is 1230. The van der Waals surface area contributed by atoms with Gasteiger partial charge in [0, 0.05) is 11.3 Å². The first kappa shape index (κ1) is 21.2. The highest BCUT2D eigenvalue weighted by molar-refractivity contribution is 6.23. The van der Waals surface area contributed by atoms with Gasteiger partial charge in [-0.2, -0.15) is 0 Å². The Balaban J connectivity index is 1.38. The second kappa shape index (κ2) is 7.83. The minimum absolute atomic E-state index is 0.0909. The normalized spacial score (nSPS) is 26.3. The van der Waals surface area contributed by atoms with Crippen LogP contribution in [0.5, 0.6) is 5.75 Å². The quantitative estimate of drug-likeness (QED) is 0.350. The third-order valence-corrected chi connectivity index (χ3v) is 8.15. The molecule has 3 aliphatic carbocycles. The summed E-state index contributed by atoms with van der Waals surface area (Å²) in [5.41, 5.74) is 4.82. The van der Waals surface area contributed by atoms with Gasteiger partial charge >= 0.3 is 0 Å². The van der Waals surface area contributed by atoms with Crippen molar-refractivity contribution in [2.45, 2.75) is 44.4 Å². The Morgan fingerprint density at radius 2 is 1.44 bits per heavy atom. The number of ether oxygens (including phenoxy) is 1. The number of hydrogen-bond donors (Lipinski definition) is 0. The fourth-order valence-electron chi connectivity index (χ4n) is 6.64. The summed E-state index contributed by atoms with van der Waals surface area (Å²) in [6, 6.07) is 24.1. The van der Waals surface area contributed by atoms with Gasteiger partial charge < -0.3 is 4.74 Å². The van der Waals surface area contributed by atoms with Crippen molar-refractivity contribution in [2.75, 3.05) is 11.5 Å². The van der Waals surface area contributed by atoms with Crippen LogP contribution in [0.1, 0.15) is 61.3 Å². The molecule has 0 unspecified atom stereocenters. The van der Waals surface area contributed by atoms with Crippen LogP contribution in [0.25, 0.3) is 0 Å². The van der Waals surface area contributed by atoms with E-state index in [-0.39, 0.29) is 23.7 Å². The van der Waals surface area contributed by atoms with E-state index in [1.165, 1.54) is 27.2 Å². The van der Waals surface area contributed by atoms with Crippen molar-refractivity contribution < 1.29 is 14.3 Å². The fourth-order valence-corrected chi connectivity index (χ4v) is 6.64. The first-order chi connectivity index (χ1) is 16.6. The Morgan fingerprint density at radius 1 is 0.824 bits per heavy atom. The van der Waals surface area contributed by atoms with E-state index < -0.39 is 11.3 Å². The maximum Gasteiger partial charge on any atom is 0.238 e. The highest BCUT2D eigenvalue weighted by atomic mass is 16.5. The number of imide groups is 1. The molecule has 7 rings (SSSR count). The molecule has 4 aliphatic rings. The zero-order valence-electron chi connectivity index (χ0n) is 19.7. The first-order valence-electron chi connectivity index (χ1n) is 12.4. The van der Waals surface area contributed by atoms with Crippen LogP contribution in [-0.4, -0.2) is 18.4 Å². The van der Waals surface area contributed by atoms with Crippen LogP contribution < -0.4 is 9.64 Å². The minimum atomic E-state index is -0.531. The molecule has 1 fully saturated rings. The largest absolute Gasteiger partial charge is 0.494 e. The second-order valence-electron chi connectivity index (χ2n) is 9.92. The summed E-state index contributed by atoms with van der Waals surface area (Å²) in [6.45, 7) is 5.00. The van der Waals surface area contributed by atoms with Gasteiger partial charge in [0.1, 0.15) is 5.75 Å². The average Bonchev–Trinajstić information content (AvgIpc) is 3.14. The van der Waals surface area contributed by atoms with Crippen molar-refractivity contribution in [3.05, 3.63) is 95.1 Å². The summed E-state index contributed by atoms with van der Waals surface area (Å²) in [5.74, 6) is -0.299. The number of hydrogen-bond acceptors (Lipinski definition) is 3. The number of benzene rings is 3. The molecule has 4 heteroatoms. The third kappa shape index (κ3) is 2.78. The molecule has 0 radical (unpaired) electrons. The number of unbranched alkanes of at least 4 members (excludes halogenated alkanes) is 2. The Kier molecular flexibility index (Phi) is 4.87. The van der Waals surface area contributed by atoms with Gasteiger partial charge in [0.15, 0.2) is 0 Å². The molecule has 4 nitrogen and oxygen atoms in total. The van der Waals surface area contributed by atoms with Crippen LogP contribution in [0.2, 0.25) is 0 Å². The number of anilines is 1. The number of rotatable bonds is 6. The van der Waals surface area contributed by atoms with Crippen LogP contribution >= 0.6 is 0 Å². The van der Waals surface area contributed by atoms with Crippen molar-refractivity contribution in [3.8, 4) is 5.75 Å². The Morgan fingerprint density at radius 3 is 2.06 bits per heavy atom. The maximum atomic E-state index is 14.0. The molecule has 2 bridgehead atoms. The lowest BCUT2D eigenvalue weighted by Crippen LogP contribution is -2.51. The number of carbonyl (C=O) groups is 2. The number of nitrogens with zero attached hydrogens (tertiary/aromatic N) is 1. The summed E-state index contributed by atoms with van der Waals surface area (Å²) < 4.78 is 5.83. The summed E-state index contributed by atoms with van der Waals surface area (Å²) >= 11 is 0. The van der Waals surface area contributed by atoms with Crippen molar-refractivity contribution in [1.29, 1.82) is 0 Å². The van der Waals surface area contributed by atoms with E-state index in [1.54, 1.807) is 0 Å². The molecule has 1 saturated heterocycles. The lowest BCUT2D eigenvalue weighted by atomic mass is 9.48. The molecule has 0 N–H and O–H groups in total. The van der Waals surface area contributed by atoms with E-state index in [2.05, 4.69) is 38.1 Å². The van der Waals surface area contributed by atoms with Crippen molar-refractivity contribution in [3.63, 3.8) is 0 Å². The monoisotopic (exact) mass is 451 g/mol. The Labute approximate surface area is 200 Å². The van der Waals surface area contributed by atoms with E-state index in [4.69, 9.17) is 4.74 Å². The molecule has 172 valence electrons. The zero-order chi connectivity index (χ0) is 23.4. The van der Waals surface area contributed by atoms with E-state index in [0.717, 1.165) is 25.0 Å². The molecular formula is C30H29NO3. The van der Waals surface area contributed by atoms with Crippen LogP contribution in [0.15, 0.2) is 72.8 Å². The van der Waals surface area contributed by atoms with Crippen molar-refractivity contribution in [2.24, 2.45) is 11.8 Å². The van der Waals surface area contributed by atoms with Crippen molar-refractivity contribution in [1.82, 2.24) is 0 Å². The van der Waals surface area contributed by atoms with Gasteiger partial charge in [0.25, 0.3) is 0 Å². The molecule has 2 amide bonds. The molecule has 3 aromatic rings. The van der Waals surface area contributed by atoms with Crippen LogP contribution in [-0.2, 0) is 15.0 Å². The standard InChI is InChI=1S/C30H29NO3/c1-3-4-9-18-34-20-16-14-19(15-17-20)31-28(32)26-25-21-10-5-7-12-23(21)30(2,27(26)29(31)33)24-13-8-6-11-22(24)25/h5-8,10-17,25-27H,3-4,9,18H2,1-2H3/t25?,26-,27+,30?/m0/s1. The molecule has 0 spiro atoms. The minimum Gasteiger partial charge on any atom is -0.494 e. The van der Waals surface area contributed by atoms with Crippen LogP contribution in [0, 0.1) is 11.8 Å². The fraction of sp³-hybridized carbons (Fsp3) is 0.333. The molecule has 34 heavy (non-hydrogen) atoms. The molecule has 2 atom stereocenters. The van der Waals surface area contributed by atoms with Gasteiger partial charge in [-0.1, -0.05) is 75.2 Å². The zero-order valence-corrected chi connectivity index (χ0v) is 19.7. The van der Waals surface area contributed by atoms with Gasteiger partial charge in [-0.3, -0.25) is 9.59 Å². The summed E-state index contributed by atoms with van der Waals surface area (Å²) in [5, 5.41) is 0. The second-order valence-corrected chi connectivity index (χ2v) is 9.92. The lowest BCUT2D eigenvalue weighted by molar-refractivity contribution is -0.123. The lowest BCUT2D eigenvalue weighted by Gasteiger charge is -2.52. The van der Waals surface area contributed by atoms with Gasteiger partial charge in [-0.05, 0) is 52.9 Å². The van der Waals surface area contributed by atoms with Gasteiger partial charge in [-0.25, -0.2) is 4.90 Å². The van der Waals surface area contributed by atoms with E-state index in [9.17, 15) is 9.59 Å². The van der Waals surface area contributed by atoms with Gasteiger partial charge in [0.05, 0.1) is 24.1 Å². The third-order valence-electron chi connectivity index (χ3n) is 8.15. The summed E-state index contributed by atoms with van der Waals surface area (Å²) in [6.07, 6.45) is 3.31. The first-order valence-corrected chi connectivity index (χ1v) is 12.4. The topological polar surface area (TPSA) is 46.6 Å². The van der Waals surface area contributed by atoms with Crippen LogP contribution in [0.4, 0.5) is 5.69 Å². The van der Waals surface area contributed by atoms with E-state index in [0.29, 0.717) is 12.3 Å². The van der Waals surface area contributed by atoms with Gasteiger partial charge in [0.2, 0.25) is 11.8 Å². The SMILES string of the molecule is CCCCCOc1ccc(N2C(=O)[C@H]3C4c5ccccc5C(C)(c5ccccc54)[C@H]3C2=O)cc1. The predicted octanol–water partition coefficient (Wildman–Crippen LogP) is 5.83. The predicted molar refractivity (Wildman–Crippen MR) is 132 cm³/mol. The highest BCUT2D eigenvalue weighted by Gasteiger charge is 2.66. The molecule has 0 aromatic heterocycles.